The van der Waals surface area contributed by atoms with E-state index in [-0.39, 0.29) is 35.0 Å². The molecule has 0 fully saturated rings. The summed E-state index contributed by atoms with van der Waals surface area (Å²) in [5.74, 6) is 1.71. The SMILES string of the molecule is C#CCOc1ccc(/C=C2/SC(=NC(=O)c3ccc(C(C)(C)C)cc3)C(C(=O)OCC)=C2O)cc1OC. The number of thioether (sulfide) groups is 1. The molecule has 1 amide bonds. The number of esters is 1. The lowest BCUT2D eigenvalue weighted by atomic mass is 9.87. The van der Waals surface area contributed by atoms with Crippen LogP contribution in [-0.2, 0) is 14.9 Å². The summed E-state index contributed by atoms with van der Waals surface area (Å²) in [5, 5.41) is 11.0. The second-order valence-corrected chi connectivity index (χ2v) is 10.0. The highest BCUT2D eigenvalue weighted by Gasteiger charge is 2.34. The summed E-state index contributed by atoms with van der Waals surface area (Å²) >= 11 is 1.00. The van der Waals surface area contributed by atoms with Crippen molar-refractivity contribution in [3.63, 3.8) is 0 Å². The largest absolute Gasteiger partial charge is 0.506 e. The number of ether oxygens (including phenoxy) is 3. The number of hydrogen-bond donors (Lipinski definition) is 1. The van der Waals surface area contributed by atoms with Gasteiger partial charge in [0.25, 0.3) is 5.91 Å². The van der Waals surface area contributed by atoms with Gasteiger partial charge in [0.1, 0.15) is 23.0 Å². The molecule has 1 heterocycles. The summed E-state index contributed by atoms with van der Waals surface area (Å²) in [6, 6.07) is 12.3. The Kier molecular flexibility index (Phi) is 8.85. The van der Waals surface area contributed by atoms with E-state index < -0.39 is 11.9 Å². The number of methoxy groups -OCH3 is 1. The van der Waals surface area contributed by atoms with Gasteiger partial charge >= 0.3 is 5.97 Å². The Hall–Kier alpha value is -3.96. The summed E-state index contributed by atoms with van der Waals surface area (Å²) in [6.07, 6.45) is 6.91. The van der Waals surface area contributed by atoms with Crippen molar-refractivity contribution in [1.29, 1.82) is 0 Å². The van der Waals surface area contributed by atoms with Crippen molar-refractivity contribution in [2.45, 2.75) is 33.1 Å². The highest BCUT2D eigenvalue weighted by molar-refractivity contribution is 8.18. The van der Waals surface area contributed by atoms with Crippen molar-refractivity contribution < 1.29 is 28.9 Å². The highest BCUT2D eigenvalue weighted by atomic mass is 32.2. The van der Waals surface area contributed by atoms with Gasteiger partial charge in [-0.25, -0.2) is 9.79 Å². The molecule has 0 spiro atoms. The molecule has 2 aromatic carbocycles. The monoisotopic (exact) mass is 519 g/mol. The van der Waals surface area contributed by atoms with Crippen LogP contribution in [0.5, 0.6) is 11.5 Å². The van der Waals surface area contributed by atoms with E-state index in [0.717, 1.165) is 17.3 Å². The average molecular weight is 520 g/mol. The molecule has 0 unspecified atom stereocenters. The van der Waals surface area contributed by atoms with Gasteiger partial charge in [0.05, 0.1) is 18.6 Å². The van der Waals surface area contributed by atoms with Crippen LogP contribution in [0.2, 0.25) is 0 Å². The number of terminal acetylenes is 1. The minimum absolute atomic E-state index is 0.0611. The van der Waals surface area contributed by atoms with E-state index >= 15 is 0 Å². The van der Waals surface area contributed by atoms with Crippen LogP contribution in [0.3, 0.4) is 0 Å². The van der Waals surface area contributed by atoms with E-state index in [1.807, 2.05) is 12.1 Å². The van der Waals surface area contributed by atoms with Crippen LogP contribution in [-0.4, -0.2) is 42.4 Å². The molecule has 1 aliphatic heterocycles. The van der Waals surface area contributed by atoms with Crippen molar-refractivity contribution in [1.82, 2.24) is 0 Å². The van der Waals surface area contributed by atoms with Gasteiger partial charge in [-0.05, 0) is 53.8 Å². The third-order valence-electron chi connectivity index (χ3n) is 5.37. The summed E-state index contributed by atoms with van der Waals surface area (Å²) in [7, 11) is 1.50. The zero-order valence-electron chi connectivity index (χ0n) is 21.5. The van der Waals surface area contributed by atoms with Gasteiger partial charge in [0.2, 0.25) is 0 Å². The lowest BCUT2D eigenvalue weighted by Gasteiger charge is -2.18. The summed E-state index contributed by atoms with van der Waals surface area (Å²) in [6.45, 7) is 8.10. The maximum absolute atomic E-state index is 12.9. The number of aliphatic imine (C=N–C) groups is 1. The zero-order valence-corrected chi connectivity index (χ0v) is 22.3. The Morgan fingerprint density at radius 1 is 1.14 bits per heavy atom. The fourth-order valence-corrected chi connectivity index (χ4v) is 4.44. The van der Waals surface area contributed by atoms with Crippen LogP contribution in [0.25, 0.3) is 6.08 Å². The van der Waals surface area contributed by atoms with Gasteiger partial charge < -0.3 is 19.3 Å². The fourth-order valence-electron chi connectivity index (χ4n) is 3.43. The Morgan fingerprint density at radius 3 is 2.43 bits per heavy atom. The third-order valence-corrected chi connectivity index (χ3v) is 6.39. The van der Waals surface area contributed by atoms with Crippen molar-refractivity contribution in [2.24, 2.45) is 4.99 Å². The molecule has 0 saturated heterocycles. The molecule has 0 atom stereocenters. The molecule has 192 valence electrons. The first-order valence-electron chi connectivity index (χ1n) is 11.6. The molecule has 0 aromatic heterocycles. The molecule has 0 radical (unpaired) electrons. The van der Waals surface area contributed by atoms with Gasteiger partial charge in [-0.1, -0.05) is 56.7 Å². The standard InChI is InChI=1S/C29H29NO6S/c1-7-15-36-21-14-9-18(16-22(21)34-6)17-23-25(31)24(28(33)35-8-2)27(37-23)30-26(32)19-10-12-20(13-11-19)29(3,4)5/h1,9-14,16-17,31H,8,15H2,2-6H3/b23-17+,30-27?. The topological polar surface area (TPSA) is 94.4 Å². The van der Waals surface area contributed by atoms with Crippen LogP contribution in [0.4, 0.5) is 0 Å². The number of hydrogen-bond acceptors (Lipinski definition) is 7. The Labute approximate surface area is 221 Å². The van der Waals surface area contributed by atoms with E-state index in [2.05, 4.69) is 31.7 Å². The van der Waals surface area contributed by atoms with Crippen LogP contribution in [0, 0.1) is 12.3 Å². The van der Waals surface area contributed by atoms with E-state index in [9.17, 15) is 14.7 Å². The average Bonchev–Trinajstić information content (AvgIpc) is 3.16. The first-order chi connectivity index (χ1) is 17.6. The second-order valence-electron chi connectivity index (χ2n) is 9.01. The maximum Gasteiger partial charge on any atom is 0.344 e. The number of aliphatic hydroxyl groups is 1. The van der Waals surface area contributed by atoms with Gasteiger partial charge in [-0.15, -0.1) is 6.42 Å². The molecule has 0 bridgehead atoms. The minimum atomic E-state index is -0.763. The normalized spacial score (nSPS) is 15.6. The molecular formula is C29H29NO6S. The molecular weight excluding hydrogens is 490 g/mol. The lowest BCUT2D eigenvalue weighted by molar-refractivity contribution is -0.138. The smallest absolute Gasteiger partial charge is 0.344 e. The van der Waals surface area contributed by atoms with Gasteiger partial charge in [0, 0.05) is 5.56 Å². The lowest BCUT2D eigenvalue weighted by Crippen LogP contribution is -2.14. The molecule has 3 rings (SSSR count). The Balaban J connectivity index is 1.97. The quantitative estimate of drug-likeness (QED) is 0.370. The number of carbonyl (C=O) groups is 2. The van der Waals surface area contributed by atoms with Crippen LogP contribution < -0.4 is 9.47 Å². The maximum atomic E-state index is 12.9. The number of amides is 1. The summed E-state index contributed by atoms with van der Waals surface area (Å²) in [4.78, 5) is 30.1. The molecule has 0 saturated carbocycles. The number of benzene rings is 2. The fraction of sp³-hybridized carbons (Fsp3) is 0.276. The Morgan fingerprint density at radius 2 is 1.84 bits per heavy atom. The minimum Gasteiger partial charge on any atom is -0.506 e. The van der Waals surface area contributed by atoms with Crippen molar-refractivity contribution >= 4 is 34.8 Å². The highest BCUT2D eigenvalue weighted by Crippen LogP contribution is 2.40. The van der Waals surface area contributed by atoms with E-state index in [0.29, 0.717) is 27.5 Å². The van der Waals surface area contributed by atoms with Gasteiger partial charge in [-0.2, -0.15) is 0 Å². The first kappa shape index (κ1) is 27.6. The second kappa shape index (κ2) is 11.8. The van der Waals surface area contributed by atoms with Gasteiger partial charge in [-0.3, -0.25) is 4.79 Å². The molecule has 0 aliphatic carbocycles. The van der Waals surface area contributed by atoms with E-state index in [4.69, 9.17) is 20.6 Å². The zero-order chi connectivity index (χ0) is 27.2. The number of nitrogens with zero attached hydrogens (tertiary/aromatic N) is 1. The number of carbonyl (C=O) groups excluding carboxylic acids is 2. The van der Waals surface area contributed by atoms with Crippen molar-refractivity contribution in [3.8, 4) is 23.8 Å². The summed E-state index contributed by atoms with van der Waals surface area (Å²) < 4.78 is 15.9. The van der Waals surface area contributed by atoms with Crippen molar-refractivity contribution in [3.05, 3.63) is 75.4 Å². The Bertz CT molecular complexity index is 1320. The van der Waals surface area contributed by atoms with Crippen molar-refractivity contribution in [2.75, 3.05) is 20.3 Å². The van der Waals surface area contributed by atoms with E-state index in [1.165, 1.54) is 7.11 Å². The number of aliphatic hydroxyl groups excluding tert-OH is 1. The number of rotatable bonds is 7. The van der Waals surface area contributed by atoms with E-state index in [1.54, 1.807) is 43.3 Å². The molecule has 1 N–H and O–H groups in total. The molecule has 1 aliphatic rings. The summed E-state index contributed by atoms with van der Waals surface area (Å²) in [5.41, 5.74) is 1.89. The van der Waals surface area contributed by atoms with Crippen LogP contribution >= 0.6 is 11.8 Å². The molecule has 7 nitrogen and oxygen atoms in total. The van der Waals surface area contributed by atoms with Gasteiger partial charge in [0.15, 0.2) is 11.5 Å². The third kappa shape index (κ3) is 6.63. The van der Waals surface area contributed by atoms with Crippen LogP contribution in [0.15, 0.2) is 63.7 Å². The molecule has 8 heteroatoms. The van der Waals surface area contributed by atoms with Crippen LogP contribution in [0.1, 0.15) is 49.2 Å². The molecule has 2 aromatic rings. The predicted octanol–water partition coefficient (Wildman–Crippen LogP) is 5.71. The predicted molar refractivity (Wildman–Crippen MR) is 146 cm³/mol. The molecule has 37 heavy (non-hydrogen) atoms. The first-order valence-corrected chi connectivity index (χ1v) is 12.4.